The maximum Gasteiger partial charge on any atom is 0.412 e. The van der Waals surface area contributed by atoms with Crippen LogP contribution in [0.3, 0.4) is 0 Å². The van der Waals surface area contributed by atoms with E-state index >= 15 is 0 Å². The summed E-state index contributed by atoms with van der Waals surface area (Å²) in [4.78, 5) is 10.4. The van der Waals surface area contributed by atoms with Crippen LogP contribution in [0.4, 0.5) is 13.2 Å². The predicted molar refractivity (Wildman–Crippen MR) is 108 cm³/mol. The summed E-state index contributed by atoms with van der Waals surface area (Å²) in [5.41, 5.74) is 0.715. The molecule has 0 amide bonds. The summed E-state index contributed by atoms with van der Waals surface area (Å²) in [6, 6.07) is 11.4. The molecule has 0 bridgehead atoms. The molecule has 0 saturated carbocycles. The third kappa shape index (κ3) is 4.23. The molecule has 0 aliphatic heterocycles. The van der Waals surface area contributed by atoms with E-state index in [1.54, 1.807) is 30.3 Å². The van der Waals surface area contributed by atoms with E-state index in [4.69, 9.17) is 9.84 Å². The summed E-state index contributed by atoms with van der Waals surface area (Å²) in [7, 11) is -3.82. The Bertz CT molecular complexity index is 1150. The Labute approximate surface area is 177 Å². The van der Waals surface area contributed by atoms with Crippen molar-refractivity contribution in [3.8, 4) is 5.75 Å². The summed E-state index contributed by atoms with van der Waals surface area (Å²) in [5, 5.41) is 9.02. The van der Waals surface area contributed by atoms with E-state index < -0.39 is 44.5 Å². The fourth-order valence-electron chi connectivity index (χ4n) is 3.49. The molecule has 3 rings (SSSR count). The molecular formula is C22H19F3O5S. The van der Waals surface area contributed by atoms with Crippen molar-refractivity contribution in [2.45, 2.75) is 28.7 Å². The van der Waals surface area contributed by atoms with Crippen molar-refractivity contribution in [2.24, 2.45) is 0 Å². The quantitative estimate of drug-likeness (QED) is 0.701. The van der Waals surface area contributed by atoms with Gasteiger partial charge in [-0.05, 0) is 34.9 Å². The lowest BCUT2D eigenvalue weighted by Gasteiger charge is -2.35. The molecule has 5 nitrogen and oxygen atoms in total. The van der Waals surface area contributed by atoms with Gasteiger partial charge in [-0.15, -0.1) is 0 Å². The number of carbonyl (C=O) groups is 1. The first-order chi connectivity index (χ1) is 14.5. The van der Waals surface area contributed by atoms with Gasteiger partial charge in [0.05, 0.1) is 18.4 Å². The summed E-state index contributed by atoms with van der Waals surface area (Å²) in [6.45, 7) is 0. The number of carboxylic acids is 1. The predicted octanol–water partition coefficient (Wildman–Crippen LogP) is 4.44. The molecule has 0 radical (unpaired) electrons. The number of methoxy groups -OCH3 is 1. The van der Waals surface area contributed by atoms with Crippen LogP contribution in [0.25, 0.3) is 5.57 Å². The Balaban J connectivity index is 2.17. The van der Waals surface area contributed by atoms with Crippen molar-refractivity contribution in [1.82, 2.24) is 0 Å². The highest BCUT2D eigenvalue weighted by molar-refractivity contribution is 7.93. The molecule has 9 heteroatoms. The van der Waals surface area contributed by atoms with E-state index in [2.05, 4.69) is 0 Å². The molecule has 31 heavy (non-hydrogen) atoms. The normalized spacial score (nSPS) is 19.0. The van der Waals surface area contributed by atoms with E-state index in [-0.39, 0.29) is 16.9 Å². The van der Waals surface area contributed by atoms with E-state index in [0.717, 1.165) is 18.2 Å². The topological polar surface area (TPSA) is 80.7 Å². The van der Waals surface area contributed by atoms with Gasteiger partial charge in [-0.2, -0.15) is 13.2 Å². The minimum Gasteiger partial charge on any atom is -0.497 e. The number of rotatable bonds is 6. The molecule has 0 spiro atoms. The number of halogens is 3. The van der Waals surface area contributed by atoms with Crippen molar-refractivity contribution in [3.05, 3.63) is 77.9 Å². The van der Waals surface area contributed by atoms with Gasteiger partial charge in [0, 0.05) is 6.42 Å². The van der Waals surface area contributed by atoms with Gasteiger partial charge in [0.1, 0.15) is 5.75 Å². The number of alkyl halides is 3. The third-order valence-corrected chi connectivity index (χ3v) is 7.39. The number of hydrogen-bond donors (Lipinski definition) is 1. The fourth-order valence-corrected chi connectivity index (χ4v) is 5.40. The number of aliphatic carboxylic acids is 1. The second-order valence-corrected chi connectivity index (χ2v) is 9.28. The van der Waals surface area contributed by atoms with Gasteiger partial charge >= 0.3 is 12.1 Å². The van der Waals surface area contributed by atoms with E-state index in [9.17, 15) is 26.4 Å². The van der Waals surface area contributed by atoms with Gasteiger partial charge in [0.25, 0.3) is 0 Å². The second-order valence-electron chi connectivity index (χ2n) is 7.07. The molecule has 1 unspecified atom stereocenters. The molecule has 0 fully saturated rings. The molecule has 164 valence electrons. The van der Waals surface area contributed by atoms with Crippen molar-refractivity contribution in [1.29, 1.82) is 0 Å². The van der Waals surface area contributed by atoms with E-state index in [0.29, 0.717) is 11.6 Å². The zero-order valence-corrected chi connectivity index (χ0v) is 17.2. The average Bonchev–Trinajstić information content (AvgIpc) is 2.72. The zero-order chi connectivity index (χ0) is 22.9. The Kier molecular flexibility index (Phi) is 6.00. The molecule has 1 aliphatic rings. The molecule has 2 aromatic rings. The summed E-state index contributed by atoms with van der Waals surface area (Å²) >= 11 is 0. The van der Waals surface area contributed by atoms with Crippen molar-refractivity contribution in [2.75, 3.05) is 7.11 Å². The van der Waals surface area contributed by atoms with Crippen LogP contribution in [0.5, 0.6) is 5.75 Å². The smallest absolute Gasteiger partial charge is 0.412 e. The molecule has 1 aliphatic carbocycles. The highest BCUT2D eigenvalue weighted by Crippen LogP contribution is 2.49. The highest BCUT2D eigenvalue weighted by atomic mass is 32.2. The molecule has 0 aromatic heterocycles. The summed E-state index contributed by atoms with van der Waals surface area (Å²) in [6.07, 6.45) is -3.32. The standard InChI is InChI=1S/C22H19F3O5S/c1-30-18-10-15(12-20(26)27)11-19(13-18)31(28,29)21(22(23,24)25)9-5-8-17(14-21)16-6-3-2-4-7-16/h2-11,13H,12,14H2,1H3,(H,26,27). The minimum atomic E-state index is -5.13. The largest absolute Gasteiger partial charge is 0.497 e. The van der Waals surface area contributed by atoms with Gasteiger partial charge in [0.15, 0.2) is 14.6 Å². The Hall–Kier alpha value is -3.07. The number of allylic oxidation sites excluding steroid dienone is 3. The van der Waals surface area contributed by atoms with Crippen LogP contribution >= 0.6 is 0 Å². The van der Waals surface area contributed by atoms with Crippen LogP contribution in [0.15, 0.2) is 71.7 Å². The number of ether oxygens (including phenoxy) is 1. The lowest BCUT2D eigenvalue weighted by molar-refractivity contribution is -0.149. The lowest BCUT2D eigenvalue weighted by atomic mass is 9.89. The highest BCUT2D eigenvalue weighted by Gasteiger charge is 2.63. The Morgan fingerprint density at radius 3 is 2.42 bits per heavy atom. The van der Waals surface area contributed by atoms with Crippen LogP contribution in [-0.4, -0.2) is 37.5 Å². The lowest BCUT2D eigenvalue weighted by Crippen LogP contribution is -2.51. The first-order valence-electron chi connectivity index (χ1n) is 9.15. The van der Waals surface area contributed by atoms with Crippen molar-refractivity contribution >= 4 is 21.4 Å². The van der Waals surface area contributed by atoms with Crippen LogP contribution < -0.4 is 4.74 Å². The monoisotopic (exact) mass is 452 g/mol. The van der Waals surface area contributed by atoms with Crippen LogP contribution in [0.1, 0.15) is 17.5 Å². The van der Waals surface area contributed by atoms with Gasteiger partial charge in [-0.3, -0.25) is 4.79 Å². The molecule has 0 heterocycles. The van der Waals surface area contributed by atoms with Crippen LogP contribution in [-0.2, 0) is 21.1 Å². The fraction of sp³-hybridized carbons (Fsp3) is 0.227. The van der Waals surface area contributed by atoms with Gasteiger partial charge < -0.3 is 9.84 Å². The molecule has 0 saturated heterocycles. The Morgan fingerprint density at radius 1 is 1.16 bits per heavy atom. The second kappa shape index (κ2) is 8.22. The zero-order valence-electron chi connectivity index (χ0n) is 16.4. The minimum absolute atomic E-state index is 0.0152. The van der Waals surface area contributed by atoms with E-state index in [1.165, 1.54) is 19.3 Å². The van der Waals surface area contributed by atoms with Gasteiger partial charge in [-0.1, -0.05) is 48.6 Å². The average molecular weight is 452 g/mol. The number of carboxylic acid groups (broad SMARTS) is 1. The Morgan fingerprint density at radius 2 is 1.84 bits per heavy atom. The van der Waals surface area contributed by atoms with Crippen LogP contribution in [0.2, 0.25) is 0 Å². The molecule has 2 aromatic carbocycles. The first kappa shape index (κ1) is 22.6. The number of benzene rings is 2. The van der Waals surface area contributed by atoms with Gasteiger partial charge in [0.2, 0.25) is 0 Å². The maximum atomic E-state index is 14.4. The van der Waals surface area contributed by atoms with Crippen molar-refractivity contribution in [3.63, 3.8) is 0 Å². The number of hydrogen-bond acceptors (Lipinski definition) is 4. The first-order valence-corrected chi connectivity index (χ1v) is 10.6. The number of sulfone groups is 1. The molecular weight excluding hydrogens is 433 g/mol. The SMILES string of the molecule is COc1cc(CC(=O)O)cc(S(=O)(=O)C2(C(F)(F)F)C=CC=C(c3ccccc3)C2)c1. The molecule has 1 atom stereocenters. The molecule has 1 N–H and O–H groups in total. The van der Waals surface area contributed by atoms with E-state index in [1.807, 2.05) is 0 Å². The van der Waals surface area contributed by atoms with Gasteiger partial charge in [-0.25, -0.2) is 8.42 Å². The van der Waals surface area contributed by atoms with Crippen LogP contribution in [0, 0.1) is 0 Å². The third-order valence-electron chi connectivity index (χ3n) is 5.06. The van der Waals surface area contributed by atoms with Crippen molar-refractivity contribution < 1.29 is 36.2 Å². The maximum absolute atomic E-state index is 14.4. The summed E-state index contributed by atoms with van der Waals surface area (Å²) in [5.74, 6) is -1.30. The summed E-state index contributed by atoms with van der Waals surface area (Å²) < 4.78 is 71.8.